The molecule has 15 heteroatoms. The predicted molar refractivity (Wildman–Crippen MR) is 283 cm³/mol. The summed E-state index contributed by atoms with van der Waals surface area (Å²) in [5.41, 5.74) is 32.6. The van der Waals surface area contributed by atoms with E-state index < -0.39 is 0 Å². The normalized spacial score (nSPS) is 10.5. The highest BCUT2D eigenvalue weighted by Crippen LogP contribution is 2.31. The van der Waals surface area contributed by atoms with Crippen molar-refractivity contribution in [2.24, 2.45) is 10.2 Å². The van der Waals surface area contributed by atoms with Gasteiger partial charge in [0.05, 0.1) is 5.69 Å². The largest absolute Gasteiger partial charge is 0.385 e. The number of nitrogens with one attached hydrogen (secondary N) is 1. The molecule has 0 aliphatic heterocycles. The van der Waals surface area contributed by atoms with Crippen molar-refractivity contribution in [3.8, 4) is 0 Å². The summed E-state index contributed by atoms with van der Waals surface area (Å²) in [6.45, 7) is 0.555. The Hall–Kier alpha value is -8.44. The van der Waals surface area contributed by atoms with E-state index in [0.29, 0.717) is 70.1 Å². The van der Waals surface area contributed by atoms with Gasteiger partial charge in [-0.2, -0.15) is 5.11 Å². The summed E-state index contributed by atoms with van der Waals surface area (Å²) in [4.78, 5) is 36.2. The molecule has 1 amide bonds. The molecule has 0 fully saturated rings. The topological polar surface area (TPSA) is 229 Å². The minimum atomic E-state index is -0.126. The van der Waals surface area contributed by atoms with Gasteiger partial charge in [-0.1, -0.05) is 114 Å². The zero-order valence-corrected chi connectivity index (χ0v) is 39.8. The van der Waals surface area contributed by atoms with Crippen LogP contribution >= 0.6 is 23.2 Å². The third-order valence-corrected chi connectivity index (χ3v) is 11.1. The molecule has 70 heavy (non-hydrogen) atoms. The van der Waals surface area contributed by atoms with Crippen LogP contribution in [-0.4, -0.2) is 28.2 Å². The number of nitrogen functional groups attached to an aromatic ring is 4. The summed E-state index contributed by atoms with van der Waals surface area (Å²) in [5.74, 6) is 1.35. The molecule has 2 aromatic heterocycles. The van der Waals surface area contributed by atoms with Crippen LogP contribution in [0, 0.1) is 5.39 Å². The van der Waals surface area contributed by atoms with Crippen molar-refractivity contribution in [2.75, 3.05) is 29.5 Å². The van der Waals surface area contributed by atoms with Gasteiger partial charge in [0.15, 0.2) is 16.6 Å². The number of hydrogen-bond acceptors (Lipinski definition) is 11. The van der Waals surface area contributed by atoms with Crippen molar-refractivity contribution in [3.63, 3.8) is 0 Å². The van der Waals surface area contributed by atoms with E-state index in [1.165, 1.54) is 11.1 Å². The summed E-state index contributed by atoms with van der Waals surface area (Å²) >= 11 is 11.5. The number of benzene rings is 6. The lowest BCUT2D eigenvalue weighted by Gasteiger charge is -2.10. The van der Waals surface area contributed by atoms with Crippen LogP contribution in [0.25, 0.3) is 4.98 Å². The average molecular weight is 970 g/mol. The Labute approximate surface area is 417 Å². The number of nitrogens with zero attached hydrogens (tertiary/aromatic N) is 6. The number of Topliss-reactive ketones (excluding diaryl/α,β-unsaturated/α-hetero) is 1. The van der Waals surface area contributed by atoms with Crippen molar-refractivity contribution in [3.05, 3.63) is 235 Å². The van der Waals surface area contributed by atoms with Gasteiger partial charge in [0.1, 0.15) is 23.1 Å². The maximum absolute atomic E-state index is 12.7. The highest BCUT2D eigenvalue weighted by atomic mass is 35.5. The molecule has 0 unspecified atom stereocenters. The lowest BCUT2D eigenvalue weighted by molar-refractivity contribution is 0.0951. The number of amides is 1. The molecule has 0 aliphatic carbocycles. The minimum Gasteiger partial charge on any atom is -0.384 e. The number of hydrogen-bond donors (Lipinski definition) is 5. The number of ketones is 1. The summed E-state index contributed by atoms with van der Waals surface area (Å²) in [6.07, 6.45) is 4.21. The first kappa shape index (κ1) is 51.0. The number of aryl methyl sites for hydroxylation is 1. The van der Waals surface area contributed by atoms with Gasteiger partial charge in [-0.15, -0.1) is 5.11 Å². The van der Waals surface area contributed by atoms with E-state index in [1.54, 1.807) is 60.7 Å². The van der Waals surface area contributed by atoms with Gasteiger partial charge >= 0.3 is 5.69 Å². The maximum atomic E-state index is 12.7. The van der Waals surface area contributed by atoms with Crippen molar-refractivity contribution in [2.45, 2.75) is 38.5 Å². The van der Waals surface area contributed by atoms with Crippen LogP contribution in [0.2, 0.25) is 10.0 Å². The first-order chi connectivity index (χ1) is 33.9. The van der Waals surface area contributed by atoms with Crippen LogP contribution in [0.4, 0.5) is 40.3 Å². The Morgan fingerprint density at radius 2 is 1.10 bits per heavy atom. The third kappa shape index (κ3) is 16.7. The quantitative estimate of drug-likeness (QED) is 0.0373. The number of pyridine rings is 2. The SMILES string of the molecule is N#[N+]c1ccc(Cl)cc1.Nc1cc(Cc2cccc(C(=O)CCCc3ccccc3)c2)cc(N)n1.Nc1cc(Cc2cccc(C(=O)NCCc3ccccc3)c2)c(N=Nc2ccc(Cl)cc2)c(N)n1. The molecule has 6 aromatic carbocycles. The van der Waals surface area contributed by atoms with E-state index in [-0.39, 0.29) is 23.3 Å². The van der Waals surface area contributed by atoms with Crippen LogP contribution in [0.5, 0.6) is 0 Å². The first-order valence-electron chi connectivity index (χ1n) is 22.3. The molecule has 9 N–H and O–H groups in total. The van der Waals surface area contributed by atoms with Gasteiger partial charge in [0, 0.05) is 46.3 Å². The van der Waals surface area contributed by atoms with Gasteiger partial charge in [0.2, 0.25) is 5.39 Å². The van der Waals surface area contributed by atoms with E-state index in [9.17, 15) is 9.59 Å². The van der Waals surface area contributed by atoms with E-state index in [1.807, 2.05) is 103 Å². The second kappa shape index (κ2) is 26.2. The Bertz CT molecular complexity index is 3040. The fraction of sp³-hybridized carbons (Fsp3) is 0.127. The van der Waals surface area contributed by atoms with Gasteiger partial charge in [-0.25, -0.2) is 9.97 Å². The number of diazo groups is 1. The molecular formula is C55H52Cl2N11O2+. The zero-order chi connectivity index (χ0) is 49.7. The van der Waals surface area contributed by atoms with Gasteiger partial charge in [-0.05, 0) is 138 Å². The molecule has 2 heterocycles. The second-order valence-corrected chi connectivity index (χ2v) is 16.9. The predicted octanol–water partition coefficient (Wildman–Crippen LogP) is 12.7. The van der Waals surface area contributed by atoms with Crippen molar-refractivity contribution < 1.29 is 9.59 Å². The summed E-state index contributed by atoms with van der Waals surface area (Å²) < 4.78 is 0. The summed E-state index contributed by atoms with van der Waals surface area (Å²) in [6, 6.07) is 54.4. The molecule has 0 atom stereocenters. The van der Waals surface area contributed by atoms with Crippen molar-refractivity contribution in [1.29, 1.82) is 5.39 Å². The molecule has 13 nitrogen and oxygen atoms in total. The number of carbonyl (C=O) groups excluding carboxylic acids is 2. The molecule has 352 valence electrons. The van der Waals surface area contributed by atoms with Gasteiger partial charge < -0.3 is 28.3 Å². The second-order valence-electron chi connectivity index (χ2n) is 16.0. The van der Waals surface area contributed by atoms with E-state index in [4.69, 9.17) is 51.5 Å². The molecule has 0 spiro atoms. The van der Waals surface area contributed by atoms with Crippen molar-refractivity contribution in [1.82, 2.24) is 15.3 Å². The number of halogens is 2. The average Bonchev–Trinajstić information content (AvgIpc) is 3.35. The Balaban J connectivity index is 0.000000200. The highest BCUT2D eigenvalue weighted by Gasteiger charge is 2.13. The molecule has 0 bridgehead atoms. The number of rotatable bonds is 15. The monoisotopic (exact) mass is 968 g/mol. The molecule has 8 aromatic rings. The van der Waals surface area contributed by atoms with Crippen LogP contribution in [0.3, 0.4) is 0 Å². The molecule has 0 saturated heterocycles. The Kier molecular flexibility index (Phi) is 19.1. The zero-order valence-electron chi connectivity index (χ0n) is 38.3. The highest BCUT2D eigenvalue weighted by molar-refractivity contribution is 6.30. The number of aromatic nitrogens is 2. The Morgan fingerprint density at radius 1 is 0.557 bits per heavy atom. The summed E-state index contributed by atoms with van der Waals surface area (Å²) in [7, 11) is 0. The fourth-order valence-corrected chi connectivity index (χ4v) is 7.44. The third-order valence-electron chi connectivity index (χ3n) is 10.6. The van der Waals surface area contributed by atoms with Crippen LogP contribution in [0.1, 0.15) is 66.9 Å². The van der Waals surface area contributed by atoms with Gasteiger partial charge in [-0.3, -0.25) is 9.59 Å². The van der Waals surface area contributed by atoms with Gasteiger partial charge in [0.25, 0.3) is 5.91 Å². The Morgan fingerprint density at radius 3 is 1.73 bits per heavy atom. The minimum absolute atomic E-state index is 0.126. The number of carbonyl (C=O) groups is 2. The number of nitrogens with two attached hydrogens (primary N) is 4. The van der Waals surface area contributed by atoms with Crippen molar-refractivity contribution >= 4 is 75.2 Å². The smallest absolute Gasteiger partial charge is 0.384 e. The number of anilines is 4. The van der Waals surface area contributed by atoms with Crippen LogP contribution in [-0.2, 0) is 25.7 Å². The maximum Gasteiger partial charge on any atom is 0.385 e. The molecule has 0 radical (unpaired) electrons. The van der Waals surface area contributed by atoms with E-state index in [0.717, 1.165) is 47.1 Å². The number of azo groups is 1. The fourth-order valence-electron chi connectivity index (χ4n) is 7.19. The summed E-state index contributed by atoms with van der Waals surface area (Å²) in [5, 5.41) is 21.0. The van der Waals surface area contributed by atoms with E-state index in [2.05, 4.69) is 42.6 Å². The molecular weight excluding hydrogens is 918 g/mol. The standard InChI is InChI=1S/C27H25ClN6O.C22H23N3O.C6H4ClN2/c28-22-9-11-23(12-10-22)33-34-25-21(17-24(29)32-26(25)30)16-19-7-4-8-20(15-19)27(35)31-14-13-18-5-2-1-3-6-18;23-21-14-18(15-22(24)25-21)12-17-9-4-10-19(13-17)20(26)11-5-8-16-6-2-1-3-7-16;7-5-1-3-6(9-8)4-2-5/h1-12,15,17H,13-14,16H2,(H,31,35)(H4,29,30,32);1-4,6-7,9-10,13-15H,5,8,11-12H2,(H4,23,24,25);1-4H/q;;+1. The molecule has 0 aliphatic rings. The molecule has 8 rings (SSSR count). The first-order valence-corrected chi connectivity index (χ1v) is 23.1. The van der Waals surface area contributed by atoms with Crippen LogP contribution in [0.15, 0.2) is 186 Å². The lowest BCUT2D eigenvalue weighted by Crippen LogP contribution is -2.25. The lowest BCUT2D eigenvalue weighted by atomic mass is 9.98. The van der Waals surface area contributed by atoms with Crippen LogP contribution < -0.4 is 28.3 Å². The van der Waals surface area contributed by atoms with E-state index >= 15 is 0 Å². The molecule has 0 saturated carbocycles.